The first-order chi connectivity index (χ1) is 10.2. The van der Waals surface area contributed by atoms with E-state index in [-0.39, 0.29) is 6.04 Å². The zero-order valence-corrected chi connectivity index (χ0v) is 13.5. The van der Waals surface area contributed by atoms with Crippen molar-refractivity contribution in [3.63, 3.8) is 0 Å². The molecule has 0 radical (unpaired) electrons. The number of rotatable bonds is 5. The number of hydrogen-bond acceptors (Lipinski definition) is 3. The van der Waals surface area contributed by atoms with Crippen molar-refractivity contribution >= 4 is 11.3 Å². The lowest BCUT2D eigenvalue weighted by Crippen LogP contribution is -2.25. The van der Waals surface area contributed by atoms with Crippen molar-refractivity contribution < 1.29 is 0 Å². The van der Waals surface area contributed by atoms with Gasteiger partial charge in [-0.15, -0.1) is 11.3 Å². The number of aromatic nitrogens is 1. The Balaban J connectivity index is 1.75. The molecular weight excluding hydrogens is 276 g/mol. The Morgan fingerprint density at radius 1 is 1.14 bits per heavy atom. The smallest absolute Gasteiger partial charge is 0.115 e. The van der Waals surface area contributed by atoms with E-state index in [4.69, 9.17) is 4.98 Å². The third-order valence-electron chi connectivity index (χ3n) is 4.60. The summed E-state index contributed by atoms with van der Waals surface area (Å²) in [6, 6.07) is 9.96. The zero-order chi connectivity index (χ0) is 14.4. The minimum atomic E-state index is 0.284. The molecule has 0 amide bonds. The number of nitrogens with zero attached hydrogens (tertiary/aromatic N) is 1. The quantitative estimate of drug-likeness (QED) is 0.880. The van der Waals surface area contributed by atoms with E-state index in [2.05, 4.69) is 43.4 Å². The molecule has 0 spiro atoms. The van der Waals surface area contributed by atoms with Gasteiger partial charge >= 0.3 is 0 Å². The first-order valence-electron chi connectivity index (χ1n) is 8.01. The minimum Gasteiger partial charge on any atom is -0.301 e. The summed E-state index contributed by atoms with van der Waals surface area (Å²) in [7, 11) is 0. The Hall–Kier alpha value is -1.19. The summed E-state index contributed by atoms with van der Waals surface area (Å²) in [6.45, 7) is 4.30. The van der Waals surface area contributed by atoms with Crippen molar-refractivity contribution in [1.29, 1.82) is 0 Å². The molecule has 2 fully saturated rings. The maximum absolute atomic E-state index is 4.84. The molecule has 3 heteroatoms. The first-order valence-corrected chi connectivity index (χ1v) is 8.83. The second kappa shape index (κ2) is 5.22. The van der Waals surface area contributed by atoms with Gasteiger partial charge in [0.2, 0.25) is 0 Å². The molecule has 1 unspecified atom stereocenters. The van der Waals surface area contributed by atoms with Crippen LogP contribution in [0.25, 0.3) is 0 Å². The predicted molar refractivity (Wildman–Crippen MR) is 88.0 cm³/mol. The lowest BCUT2D eigenvalue weighted by atomic mass is 9.97. The normalized spacial score (nSPS) is 19.7. The lowest BCUT2D eigenvalue weighted by molar-refractivity contribution is 0.593. The Labute approximate surface area is 130 Å². The largest absolute Gasteiger partial charge is 0.301 e. The second-order valence-corrected chi connectivity index (χ2v) is 7.71. The Kier molecular flexibility index (Phi) is 3.35. The summed E-state index contributed by atoms with van der Waals surface area (Å²) in [6.07, 6.45) is 5.32. The SMILES string of the molecule is Cc1nc(C(NC2CC2)c2ccccc2C2CC2)sc1C. The van der Waals surface area contributed by atoms with Gasteiger partial charge in [-0.05, 0) is 56.6 Å². The monoisotopic (exact) mass is 298 g/mol. The van der Waals surface area contributed by atoms with Crippen molar-refractivity contribution in [3.05, 3.63) is 51.0 Å². The van der Waals surface area contributed by atoms with Gasteiger partial charge in [-0.1, -0.05) is 24.3 Å². The highest BCUT2D eigenvalue weighted by Gasteiger charge is 2.33. The molecule has 2 nitrogen and oxygen atoms in total. The van der Waals surface area contributed by atoms with E-state index in [1.807, 2.05) is 11.3 Å². The van der Waals surface area contributed by atoms with Crippen molar-refractivity contribution in [2.24, 2.45) is 0 Å². The van der Waals surface area contributed by atoms with Crippen LogP contribution in [-0.2, 0) is 0 Å². The third kappa shape index (κ3) is 2.77. The Morgan fingerprint density at radius 3 is 2.52 bits per heavy atom. The number of benzene rings is 1. The van der Waals surface area contributed by atoms with Gasteiger partial charge < -0.3 is 5.32 Å². The molecular formula is C18H22N2S. The zero-order valence-electron chi connectivity index (χ0n) is 12.7. The van der Waals surface area contributed by atoms with Gasteiger partial charge in [0.1, 0.15) is 5.01 Å². The van der Waals surface area contributed by atoms with Gasteiger partial charge in [-0.3, -0.25) is 0 Å². The number of nitrogens with one attached hydrogen (secondary N) is 1. The molecule has 21 heavy (non-hydrogen) atoms. The summed E-state index contributed by atoms with van der Waals surface area (Å²) >= 11 is 1.85. The van der Waals surface area contributed by atoms with Crippen LogP contribution < -0.4 is 5.32 Å². The summed E-state index contributed by atoms with van der Waals surface area (Å²) in [4.78, 5) is 6.19. The van der Waals surface area contributed by atoms with Crippen molar-refractivity contribution in [2.75, 3.05) is 0 Å². The van der Waals surface area contributed by atoms with Crippen LogP contribution in [0, 0.1) is 13.8 Å². The van der Waals surface area contributed by atoms with Gasteiger partial charge in [0, 0.05) is 10.9 Å². The summed E-state index contributed by atoms with van der Waals surface area (Å²) in [5, 5.41) is 5.08. The van der Waals surface area contributed by atoms with Crippen molar-refractivity contribution in [1.82, 2.24) is 10.3 Å². The second-order valence-electron chi connectivity index (χ2n) is 6.47. The van der Waals surface area contributed by atoms with Crippen LogP contribution in [0.3, 0.4) is 0 Å². The number of hydrogen-bond donors (Lipinski definition) is 1. The first kappa shape index (κ1) is 13.5. The molecule has 110 valence electrons. The highest BCUT2D eigenvalue weighted by Crippen LogP contribution is 2.44. The van der Waals surface area contributed by atoms with E-state index < -0.39 is 0 Å². The maximum atomic E-state index is 4.84. The topological polar surface area (TPSA) is 24.9 Å². The van der Waals surface area contributed by atoms with Crippen LogP contribution in [0.5, 0.6) is 0 Å². The van der Waals surface area contributed by atoms with E-state index in [9.17, 15) is 0 Å². The molecule has 2 aromatic rings. The van der Waals surface area contributed by atoms with Crippen molar-refractivity contribution in [3.8, 4) is 0 Å². The number of aryl methyl sites for hydroxylation is 2. The lowest BCUT2D eigenvalue weighted by Gasteiger charge is -2.20. The molecule has 2 saturated carbocycles. The third-order valence-corrected chi connectivity index (χ3v) is 5.73. The average Bonchev–Trinajstić information content (AvgIpc) is 3.37. The van der Waals surface area contributed by atoms with Crippen LogP contribution in [0.4, 0.5) is 0 Å². The minimum absolute atomic E-state index is 0.284. The standard InChI is InChI=1S/C18H22N2S/c1-11-12(2)21-18(19-11)17(20-14-9-10-14)16-6-4-3-5-15(16)13-7-8-13/h3-6,13-14,17,20H,7-10H2,1-2H3. The fourth-order valence-electron chi connectivity index (χ4n) is 2.94. The molecule has 1 atom stereocenters. The summed E-state index contributed by atoms with van der Waals surface area (Å²) in [5.74, 6) is 0.784. The van der Waals surface area contributed by atoms with Gasteiger partial charge in [-0.2, -0.15) is 0 Å². The molecule has 2 aliphatic carbocycles. The molecule has 0 aliphatic heterocycles. The molecule has 0 saturated heterocycles. The fourth-order valence-corrected chi connectivity index (χ4v) is 3.94. The highest BCUT2D eigenvalue weighted by atomic mass is 32.1. The van der Waals surface area contributed by atoms with Crippen LogP contribution >= 0.6 is 11.3 Å². The Morgan fingerprint density at radius 2 is 1.90 bits per heavy atom. The van der Waals surface area contributed by atoms with Gasteiger partial charge in [0.25, 0.3) is 0 Å². The molecule has 1 aromatic carbocycles. The van der Waals surface area contributed by atoms with Gasteiger partial charge in [-0.25, -0.2) is 4.98 Å². The highest BCUT2D eigenvalue weighted by molar-refractivity contribution is 7.11. The van der Waals surface area contributed by atoms with Crippen LogP contribution in [0.2, 0.25) is 0 Å². The fraction of sp³-hybridized carbons (Fsp3) is 0.500. The van der Waals surface area contributed by atoms with Crippen LogP contribution in [0.1, 0.15) is 64.3 Å². The molecule has 2 aliphatic rings. The predicted octanol–water partition coefficient (Wildman–Crippen LogP) is 4.48. The molecule has 0 bridgehead atoms. The Bertz CT molecular complexity index is 633. The van der Waals surface area contributed by atoms with Gasteiger partial charge in [0.05, 0.1) is 11.7 Å². The van der Waals surface area contributed by atoms with E-state index >= 15 is 0 Å². The maximum Gasteiger partial charge on any atom is 0.115 e. The van der Waals surface area contributed by atoms with E-state index in [1.54, 1.807) is 5.56 Å². The van der Waals surface area contributed by atoms with Gasteiger partial charge in [0.15, 0.2) is 0 Å². The molecule has 1 aromatic heterocycles. The molecule has 4 rings (SSSR count). The van der Waals surface area contributed by atoms with E-state index in [1.165, 1.54) is 46.8 Å². The van der Waals surface area contributed by atoms with Crippen LogP contribution in [0.15, 0.2) is 24.3 Å². The van der Waals surface area contributed by atoms with E-state index in [0.29, 0.717) is 6.04 Å². The summed E-state index contributed by atoms with van der Waals surface area (Å²) in [5.41, 5.74) is 4.18. The number of thiazole rings is 1. The summed E-state index contributed by atoms with van der Waals surface area (Å²) < 4.78 is 0. The molecule has 1 N–H and O–H groups in total. The van der Waals surface area contributed by atoms with Crippen LogP contribution in [-0.4, -0.2) is 11.0 Å². The van der Waals surface area contributed by atoms with Crippen molar-refractivity contribution in [2.45, 2.75) is 57.5 Å². The van der Waals surface area contributed by atoms with E-state index in [0.717, 1.165) is 5.92 Å². The average molecular weight is 298 g/mol. The molecule has 1 heterocycles.